The number of hydrogen-bond donors (Lipinski definition) is 0. The van der Waals surface area contributed by atoms with Crippen molar-refractivity contribution < 1.29 is 23.0 Å². The van der Waals surface area contributed by atoms with E-state index in [2.05, 4.69) is 4.74 Å². The number of alkyl halides is 3. The van der Waals surface area contributed by atoms with E-state index in [1.807, 2.05) is 6.92 Å². The van der Waals surface area contributed by atoms with Crippen LogP contribution in [0.25, 0.3) is 0 Å². The van der Waals surface area contributed by atoms with Gasteiger partial charge in [-0.05, 0) is 25.1 Å². The number of nitrogens with zero attached hydrogens (tertiary/aromatic N) is 1. The van der Waals surface area contributed by atoms with Crippen LogP contribution in [0.1, 0.15) is 17.3 Å². The van der Waals surface area contributed by atoms with Gasteiger partial charge in [-0.2, -0.15) is 8.78 Å². The van der Waals surface area contributed by atoms with Crippen LogP contribution in [-0.4, -0.2) is 48.6 Å². The minimum absolute atomic E-state index is 0.0364. The lowest BCUT2D eigenvalue weighted by atomic mass is 10.1. The predicted molar refractivity (Wildman–Crippen MR) is 74.0 cm³/mol. The molecule has 2 atom stereocenters. The monoisotopic (exact) mass is 319 g/mol. The third-order valence-electron chi connectivity index (χ3n) is 3.24. The molecule has 7 heteroatoms. The quantitative estimate of drug-likeness (QED) is 0.801. The molecule has 1 fully saturated rings. The van der Waals surface area contributed by atoms with Gasteiger partial charge in [0.25, 0.3) is 5.91 Å². The molecule has 4 nitrogen and oxygen atoms in total. The summed E-state index contributed by atoms with van der Waals surface area (Å²) in [6, 6.07) is 5.67. The van der Waals surface area contributed by atoms with Gasteiger partial charge in [-0.15, -0.1) is 11.6 Å². The highest BCUT2D eigenvalue weighted by Gasteiger charge is 2.30. The average molecular weight is 320 g/mol. The van der Waals surface area contributed by atoms with E-state index < -0.39 is 6.61 Å². The van der Waals surface area contributed by atoms with Crippen LogP contribution in [0.3, 0.4) is 0 Å². The van der Waals surface area contributed by atoms with E-state index in [1.165, 1.54) is 18.2 Å². The topological polar surface area (TPSA) is 38.8 Å². The van der Waals surface area contributed by atoms with Gasteiger partial charge in [-0.3, -0.25) is 4.79 Å². The minimum atomic E-state index is -2.92. The Labute approximate surface area is 126 Å². The summed E-state index contributed by atoms with van der Waals surface area (Å²) < 4.78 is 34.2. The van der Waals surface area contributed by atoms with E-state index in [4.69, 9.17) is 16.3 Å². The summed E-state index contributed by atoms with van der Waals surface area (Å²) in [5, 5.41) is 0. The zero-order chi connectivity index (χ0) is 15.4. The zero-order valence-corrected chi connectivity index (χ0v) is 12.2. The molecule has 0 bridgehead atoms. The molecular formula is C14H16ClF2NO3. The number of carbonyl (C=O) groups is 1. The maximum Gasteiger partial charge on any atom is 0.387 e. The van der Waals surface area contributed by atoms with E-state index in [1.54, 1.807) is 11.0 Å². The summed E-state index contributed by atoms with van der Waals surface area (Å²) >= 11 is 5.76. The minimum Gasteiger partial charge on any atom is -0.435 e. The van der Waals surface area contributed by atoms with Gasteiger partial charge < -0.3 is 14.4 Å². The normalized spacial score (nSPS) is 22.4. The SMILES string of the molecule is CC1COC(CCl)CN1C(=O)c1cccc(OC(F)F)c1. The largest absolute Gasteiger partial charge is 0.435 e. The Morgan fingerprint density at radius 1 is 1.57 bits per heavy atom. The van der Waals surface area contributed by atoms with E-state index in [9.17, 15) is 13.6 Å². The van der Waals surface area contributed by atoms with Crippen LogP contribution in [0, 0.1) is 0 Å². The van der Waals surface area contributed by atoms with Crippen molar-refractivity contribution >= 4 is 17.5 Å². The first kappa shape index (κ1) is 16.0. The van der Waals surface area contributed by atoms with Gasteiger partial charge in [-0.25, -0.2) is 0 Å². The van der Waals surface area contributed by atoms with Crippen molar-refractivity contribution in [3.05, 3.63) is 29.8 Å². The van der Waals surface area contributed by atoms with Crippen LogP contribution >= 0.6 is 11.6 Å². The first-order chi connectivity index (χ1) is 10.0. The first-order valence-corrected chi connectivity index (χ1v) is 7.08. The Hall–Kier alpha value is -1.40. The van der Waals surface area contributed by atoms with Crippen LogP contribution in [-0.2, 0) is 4.74 Å². The summed E-state index contributed by atoms with van der Waals surface area (Å²) in [4.78, 5) is 14.1. The lowest BCUT2D eigenvalue weighted by Crippen LogP contribution is -2.51. The Bertz CT molecular complexity index is 501. The molecule has 1 saturated heterocycles. The maximum atomic E-state index is 12.5. The van der Waals surface area contributed by atoms with Crippen LogP contribution < -0.4 is 4.74 Å². The number of hydrogen-bond acceptors (Lipinski definition) is 3. The van der Waals surface area contributed by atoms with Gasteiger partial charge >= 0.3 is 6.61 Å². The molecule has 1 heterocycles. The molecule has 0 spiro atoms. The number of carbonyl (C=O) groups excluding carboxylic acids is 1. The molecule has 1 aliphatic heterocycles. The second-order valence-electron chi connectivity index (χ2n) is 4.82. The second kappa shape index (κ2) is 7.04. The van der Waals surface area contributed by atoms with Crippen molar-refractivity contribution in [2.24, 2.45) is 0 Å². The molecule has 1 aromatic carbocycles. The molecule has 1 aromatic rings. The number of ether oxygens (including phenoxy) is 2. The first-order valence-electron chi connectivity index (χ1n) is 6.54. The molecule has 2 rings (SSSR count). The Kier molecular flexibility index (Phi) is 5.36. The standard InChI is InChI=1S/C14H16ClF2NO3/c1-9-8-20-12(6-15)7-18(9)13(19)10-3-2-4-11(5-10)21-14(16)17/h2-5,9,12,14H,6-8H2,1H3. The molecule has 0 N–H and O–H groups in total. The smallest absolute Gasteiger partial charge is 0.387 e. The molecule has 0 aliphatic carbocycles. The second-order valence-corrected chi connectivity index (χ2v) is 5.13. The van der Waals surface area contributed by atoms with Crippen molar-refractivity contribution in [2.45, 2.75) is 25.7 Å². The third kappa shape index (κ3) is 4.04. The highest BCUT2D eigenvalue weighted by molar-refractivity contribution is 6.18. The van der Waals surface area contributed by atoms with Crippen LogP contribution in [0.2, 0.25) is 0 Å². The molecule has 0 aromatic heterocycles. The molecule has 116 valence electrons. The van der Waals surface area contributed by atoms with Crippen LogP contribution in [0.15, 0.2) is 24.3 Å². The van der Waals surface area contributed by atoms with Crippen molar-refractivity contribution in [3.63, 3.8) is 0 Å². The Balaban J connectivity index is 2.14. The molecule has 1 amide bonds. The number of rotatable bonds is 4. The summed E-state index contributed by atoms with van der Waals surface area (Å²) in [5.41, 5.74) is 0.301. The van der Waals surface area contributed by atoms with Gasteiger partial charge in [0.1, 0.15) is 5.75 Å². The molecule has 0 saturated carbocycles. The van der Waals surface area contributed by atoms with Crippen molar-refractivity contribution in [1.82, 2.24) is 4.90 Å². The highest BCUT2D eigenvalue weighted by atomic mass is 35.5. The lowest BCUT2D eigenvalue weighted by molar-refractivity contribution is -0.0500. The van der Waals surface area contributed by atoms with Gasteiger partial charge in [-0.1, -0.05) is 6.07 Å². The van der Waals surface area contributed by atoms with Crippen LogP contribution in [0.5, 0.6) is 5.75 Å². The number of amides is 1. The summed E-state index contributed by atoms with van der Waals surface area (Å²) in [7, 11) is 0. The molecule has 21 heavy (non-hydrogen) atoms. The van der Waals surface area contributed by atoms with Gasteiger partial charge in [0.05, 0.1) is 24.6 Å². The average Bonchev–Trinajstić information content (AvgIpc) is 2.46. The predicted octanol–water partition coefficient (Wildman–Crippen LogP) is 2.76. The number of halogens is 3. The van der Waals surface area contributed by atoms with Crippen LogP contribution in [0.4, 0.5) is 8.78 Å². The summed E-state index contributed by atoms with van der Waals surface area (Å²) in [6.45, 7) is -0.278. The third-order valence-corrected chi connectivity index (χ3v) is 3.59. The molecule has 0 radical (unpaired) electrons. The fourth-order valence-corrected chi connectivity index (χ4v) is 2.35. The fraction of sp³-hybridized carbons (Fsp3) is 0.500. The molecular weight excluding hydrogens is 304 g/mol. The van der Waals surface area contributed by atoms with Gasteiger partial charge in [0.15, 0.2) is 0 Å². The van der Waals surface area contributed by atoms with Crippen molar-refractivity contribution in [1.29, 1.82) is 0 Å². The highest BCUT2D eigenvalue weighted by Crippen LogP contribution is 2.20. The lowest BCUT2D eigenvalue weighted by Gasteiger charge is -2.37. The molecule has 1 aliphatic rings. The van der Waals surface area contributed by atoms with E-state index in [-0.39, 0.29) is 23.8 Å². The summed E-state index contributed by atoms with van der Waals surface area (Å²) in [6.07, 6.45) is -0.215. The zero-order valence-electron chi connectivity index (χ0n) is 11.5. The van der Waals surface area contributed by atoms with Crippen molar-refractivity contribution in [3.8, 4) is 5.75 Å². The summed E-state index contributed by atoms with van der Waals surface area (Å²) in [5.74, 6) is 0.0108. The maximum absolute atomic E-state index is 12.5. The fourth-order valence-electron chi connectivity index (χ4n) is 2.16. The molecule has 2 unspecified atom stereocenters. The number of morpholine rings is 1. The van der Waals surface area contributed by atoms with E-state index in [0.29, 0.717) is 24.6 Å². The Morgan fingerprint density at radius 2 is 2.33 bits per heavy atom. The Morgan fingerprint density at radius 3 is 3.00 bits per heavy atom. The van der Waals surface area contributed by atoms with E-state index >= 15 is 0 Å². The van der Waals surface area contributed by atoms with Crippen molar-refractivity contribution in [2.75, 3.05) is 19.0 Å². The van der Waals surface area contributed by atoms with E-state index in [0.717, 1.165) is 0 Å². The number of benzene rings is 1. The van der Waals surface area contributed by atoms with Gasteiger partial charge in [0.2, 0.25) is 0 Å². The van der Waals surface area contributed by atoms with Gasteiger partial charge in [0, 0.05) is 12.1 Å².